The molecule has 102 valence electrons. The van der Waals surface area contributed by atoms with Gasteiger partial charge >= 0.3 is 0 Å². The fourth-order valence-electron chi connectivity index (χ4n) is 2.98. The molecular formula is C13H23N3O2. The summed E-state index contributed by atoms with van der Waals surface area (Å²) in [5.74, 6) is 0.255. The molecule has 0 radical (unpaired) electrons. The van der Waals surface area contributed by atoms with Crippen molar-refractivity contribution in [3.05, 3.63) is 0 Å². The quantitative estimate of drug-likeness (QED) is 0.734. The van der Waals surface area contributed by atoms with Gasteiger partial charge in [0.15, 0.2) is 0 Å². The van der Waals surface area contributed by atoms with Crippen molar-refractivity contribution in [2.45, 2.75) is 45.2 Å². The highest BCUT2D eigenvalue weighted by Crippen LogP contribution is 2.21. The van der Waals surface area contributed by atoms with Gasteiger partial charge in [0.05, 0.1) is 0 Å². The number of nitrogens with zero attached hydrogens (tertiary/aromatic N) is 1. The molecule has 0 aromatic carbocycles. The fourth-order valence-corrected chi connectivity index (χ4v) is 2.98. The number of piperidine rings is 1. The standard InChI is InChI=1S/C13H23N3O2/c1-3-11-12(17)15-6-7-16(11)13(18)10-4-5-14-9(2)8-10/h9-11,14H,3-8H2,1-2H3,(H,15,17)/t9-,10-,11?/m0/s1. The summed E-state index contributed by atoms with van der Waals surface area (Å²) in [4.78, 5) is 26.1. The minimum atomic E-state index is -0.267. The van der Waals surface area contributed by atoms with E-state index >= 15 is 0 Å². The Morgan fingerprint density at radius 3 is 2.89 bits per heavy atom. The molecule has 5 nitrogen and oxygen atoms in total. The van der Waals surface area contributed by atoms with E-state index in [1.807, 2.05) is 6.92 Å². The predicted octanol–water partition coefficient (Wildman–Crippen LogP) is 0.112. The van der Waals surface area contributed by atoms with Crippen LogP contribution in [0.2, 0.25) is 0 Å². The van der Waals surface area contributed by atoms with E-state index in [0.29, 0.717) is 25.6 Å². The summed E-state index contributed by atoms with van der Waals surface area (Å²) in [7, 11) is 0. The number of carbonyl (C=O) groups excluding carboxylic acids is 2. The van der Waals surface area contributed by atoms with Crippen molar-refractivity contribution < 1.29 is 9.59 Å². The lowest BCUT2D eigenvalue weighted by Crippen LogP contribution is -2.58. The van der Waals surface area contributed by atoms with Crippen molar-refractivity contribution in [1.29, 1.82) is 0 Å². The molecule has 2 aliphatic rings. The lowest BCUT2D eigenvalue weighted by atomic mass is 9.91. The number of rotatable bonds is 2. The summed E-state index contributed by atoms with van der Waals surface area (Å²) in [5.41, 5.74) is 0. The first-order valence-electron chi connectivity index (χ1n) is 6.95. The topological polar surface area (TPSA) is 61.4 Å². The van der Waals surface area contributed by atoms with Crippen LogP contribution in [0.25, 0.3) is 0 Å². The van der Waals surface area contributed by atoms with Crippen LogP contribution in [-0.4, -0.2) is 48.4 Å². The average Bonchev–Trinajstić information content (AvgIpc) is 2.37. The van der Waals surface area contributed by atoms with Gasteiger partial charge in [-0.25, -0.2) is 0 Å². The molecule has 2 saturated heterocycles. The molecule has 0 saturated carbocycles. The van der Waals surface area contributed by atoms with Gasteiger partial charge in [0, 0.05) is 25.0 Å². The molecule has 0 bridgehead atoms. The smallest absolute Gasteiger partial charge is 0.242 e. The van der Waals surface area contributed by atoms with Crippen LogP contribution in [-0.2, 0) is 9.59 Å². The van der Waals surface area contributed by atoms with Crippen molar-refractivity contribution >= 4 is 11.8 Å². The molecule has 2 rings (SSSR count). The normalized spacial score (nSPS) is 33.1. The van der Waals surface area contributed by atoms with E-state index in [2.05, 4.69) is 17.6 Å². The van der Waals surface area contributed by atoms with Gasteiger partial charge in [-0.05, 0) is 32.7 Å². The van der Waals surface area contributed by atoms with Gasteiger partial charge in [-0.2, -0.15) is 0 Å². The zero-order chi connectivity index (χ0) is 13.1. The van der Waals surface area contributed by atoms with Crippen molar-refractivity contribution in [3.8, 4) is 0 Å². The SMILES string of the molecule is CCC1C(=O)NCCN1C(=O)[C@H]1CCN[C@@H](C)C1. The molecule has 1 unspecified atom stereocenters. The third-order valence-electron chi connectivity index (χ3n) is 3.97. The molecule has 0 aromatic heterocycles. The second kappa shape index (κ2) is 5.69. The first-order valence-corrected chi connectivity index (χ1v) is 6.95. The van der Waals surface area contributed by atoms with Gasteiger partial charge in [-0.15, -0.1) is 0 Å². The van der Waals surface area contributed by atoms with Crippen LogP contribution in [0.15, 0.2) is 0 Å². The predicted molar refractivity (Wildman–Crippen MR) is 69.0 cm³/mol. The maximum Gasteiger partial charge on any atom is 0.242 e. The van der Waals surface area contributed by atoms with Crippen molar-refractivity contribution in [2.75, 3.05) is 19.6 Å². The van der Waals surface area contributed by atoms with E-state index in [-0.39, 0.29) is 23.8 Å². The highest BCUT2D eigenvalue weighted by atomic mass is 16.2. The molecule has 0 spiro atoms. The summed E-state index contributed by atoms with van der Waals surface area (Å²) in [6.07, 6.45) is 2.46. The summed E-state index contributed by atoms with van der Waals surface area (Å²) in [6.45, 7) is 6.21. The van der Waals surface area contributed by atoms with Gasteiger partial charge in [-0.1, -0.05) is 6.92 Å². The Bertz CT molecular complexity index is 332. The number of amides is 2. The van der Waals surface area contributed by atoms with E-state index < -0.39 is 0 Å². The first kappa shape index (κ1) is 13.3. The number of carbonyl (C=O) groups is 2. The second-order valence-electron chi connectivity index (χ2n) is 5.32. The maximum atomic E-state index is 12.5. The van der Waals surface area contributed by atoms with Crippen molar-refractivity contribution in [2.24, 2.45) is 5.92 Å². The average molecular weight is 253 g/mol. The number of piperazine rings is 1. The van der Waals surface area contributed by atoms with Crippen LogP contribution in [0.4, 0.5) is 0 Å². The van der Waals surface area contributed by atoms with E-state index in [1.54, 1.807) is 4.90 Å². The number of hydrogen-bond donors (Lipinski definition) is 2. The number of hydrogen-bond acceptors (Lipinski definition) is 3. The molecule has 3 atom stereocenters. The summed E-state index contributed by atoms with van der Waals surface area (Å²) in [6, 6.07) is 0.128. The van der Waals surface area contributed by atoms with Crippen LogP contribution in [0.5, 0.6) is 0 Å². The van der Waals surface area contributed by atoms with E-state index in [1.165, 1.54) is 0 Å². The van der Waals surface area contributed by atoms with Gasteiger partial charge in [-0.3, -0.25) is 9.59 Å². The Morgan fingerprint density at radius 2 is 2.22 bits per heavy atom. The largest absolute Gasteiger partial charge is 0.353 e. The number of nitrogens with one attached hydrogen (secondary N) is 2. The minimum absolute atomic E-state index is 0.000849. The molecule has 2 fully saturated rings. The first-order chi connectivity index (χ1) is 8.63. The van der Waals surface area contributed by atoms with Gasteiger partial charge in [0.2, 0.25) is 11.8 Å². The molecule has 2 N–H and O–H groups in total. The van der Waals surface area contributed by atoms with Gasteiger partial charge in [0.25, 0.3) is 0 Å². The van der Waals surface area contributed by atoms with Crippen LogP contribution in [0.1, 0.15) is 33.1 Å². The Kier molecular flexibility index (Phi) is 4.22. The monoisotopic (exact) mass is 253 g/mol. The summed E-state index contributed by atoms with van der Waals surface area (Å²) >= 11 is 0. The zero-order valence-corrected chi connectivity index (χ0v) is 11.2. The molecule has 5 heteroatoms. The third-order valence-corrected chi connectivity index (χ3v) is 3.97. The molecule has 18 heavy (non-hydrogen) atoms. The highest BCUT2D eigenvalue weighted by molar-refractivity contribution is 5.89. The lowest BCUT2D eigenvalue weighted by Gasteiger charge is -2.38. The van der Waals surface area contributed by atoms with E-state index in [4.69, 9.17) is 0 Å². The van der Waals surface area contributed by atoms with Crippen LogP contribution in [0, 0.1) is 5.92 Å². The summed E-state index contributed by atoms with van der Waals surface area (Å²) in [5, 5.41) is 6.19. The van der Waals surface area contributed by atoms with Gasteiger partial charge in [0.1, 0.15) is 6.04 Å². The maximum absolute atomic E-state index is 12.5. The van der Waals surface area contributed by atoms with Crippen molar-refractivity contribution in [1.82, 2.24) is 15.5 Å². The van der Waals surface area contributed by atoms with E-state index in [9.17, 15) is 9.59 Å². The van der Waals surface area contributed by atoms with Gasteiger partial charge < -0.3 is 15.5 Å². The van der Waals surface area contributed by atoms with Crippen LogP contribution < -0.4 is 10.6 Å². The van der Waals surface area contributed by atoms with Crippen molar-refractivity contribution in [3.63, 3.8) is 0 Å². The minimum Gasteiger partial charge on any atom is -0.353 e. The molecular weight excluding hydrogens is 230 g/mol. The Hall–Kier alpha value is -1.10. The van der Waals surface area contributed by atoms with Crippen LogP contribution in [0.3, 0.4) is 0 Å². The van der Waals surface area contributed by atoms with E-state index in [0.717, 1.165) is 19.4 Å². The highest BCUT2D eigenvalue weighted by Gasteiger charge is 2.36. The third kappa shape index (κ3) is 2.66. The lowest BCUT2D eigenvalue weighted by molar-refractivity contribution is -0.147. The Balaban J connectivity index is 2.04. The molecule has 0 aromatic rings. The molecule has 2 aliphatic heterocycles. The fraction of sp³-hybridized carbons (Fsp3) is 0.846. The van der Waals surface area contributed by atoms with Crippen LogP contribution >= 0.6 is 0 Å². The Labute approximate surface area is 108 Å². The summed E-state index contributed by atoms with van der Waals surface area (Å²) < 4.78 is 0. The molecule has 2 heterocycles. The molecule has 0 aliphatic carbocycles. The zero-order valence-electron chi connectivity index (χ0n) is 11.2. The molecule has 2 amide bonds. The Morgan fingerprint density at radius 1 is 1.44 bits per heavy atom. The second-order valence-corrected chi connectivity index (χ2v) is 5.32.